The highest BCUT2D eigenvalue weighted by Crippen LogP contribution is 1.58. The van der Waals surface area contributed by atoms with Crippen LogP contribution in [-0.4, -0.2) is 0 Å². The van der Waals surface area contributed by atoms with Gasteiger partial charge in [-0.1, -0.05) is 6.92 Å². The maximum Gasteiger partial charge on any atom is 0.00576 e. The second-order valence-corrected chi connectivity index (χ2v) is 0.558. The van der Waals surface area contributed by atoms with Gasteiger partial charge < -0.3 is 0 Å². The molecule has 0 saturated heterocycles. The Bertz CT molecular complexity index is 39.5. The normalized spacial score (nSPS) is 11.0. The lowest BCUT2D eigenvalue weighted by Crippen LogP contribution is -1.38. The van der Waals surface area contributed by atoms with Gasteiger partial charge in [0.2, 0.25) is 0 Å². The zero-order valence-electron chi connectivity index (χ0n) is 8.78. The van der Waals surface area contributed by atoms with Crippen molar-refractivity contribution in [2.75, 3.05) is 0 Å². The second-order valence-electron chi connectivity index (χ2n) is 0.558. The van der Waals surface area contributed by atoms with Crippen molar-refractivity contribution in [3.8, 4) is 12.3 Å². The maximum atomic E-state index is 5.00. The second kappa shape index (κ2) is 2.56. The highest BCUT2D eigenvalue weighted by molar-refractivity contribution is 4.80. The molecule has 0 aromatic rings. The molecule has 0 aromatic carbocycles. The molecule has 0 saturated carbocycles. The third-order valence-electron chi connectivity index (χ3n) is 0.204. The molecule has 0 atom stereocenters. The molecular weight excluding hydrogens is 48.0 g/mol. The van der Waals surface area contributed by atoms with E-state index in [2.05, 4.69) is 5.92 Å². The summed E-state index contributed by atoms with van der Waals surface area (Å²) in [5.41, 5.74) is 0. The molecule has 0 nitrogen and oxygen atoms in total. The summed E-state index contributed by atoms with van der Waals surface area (Å²) in [5, 5.41) is 0. The first-order chi connectivity index (χ1) is 4.91. The van der Waals surface area contributed by atoms with E-state index in [9.17, 15) is 0 Å². The van der Waals surface area contributed by atoms with Gasteiger partial charge in [0.1, 0.15) is 0 Å². The summed E-state index contributed by atoms with van der Waals surface area (Å²) in [5.74, 6) is 2.43. The number of rotatable bonds is 0. The molecule has 28 valence electrons. The zero-order chi connectivity index (χ0) is 9.41. The van der Waals surface area contributed by atoms with Crippen molar-refractivity contribution in [2.45, 2.75) is 13.3 Å². The van der Waals surface area contributed by atoms with Gasteiger partial charge in [0.25, 0.3) is 0 Å². The monoisotopic (exact) mass is 72.1 g/mol. The van der Waals surface area contributed by atoms with Crippen LogP contribution in [0.4, 0.5) is 0 Å². The molecule has 0 unspecified atom stereocenters. The first kappa shape index (κ1) is 0.755. The maximum absolute atomic E-state index is 5.00. The van der Waals surface area contributed by atoms with Crippen LogP contribution in [0.2, 0.25) is 0 Å². The minimum atomic E-state index is 0.847. The van der Waals surface area contributed by atoms with E-state index in [-0.39, 0.29) is 0 Å². The van der Waals surface area contributed by atoms with E-state index in [0.717, 1.165) is 6.42 Å². The first-order valence-corrected chi connectivity index (χ1v) is 1.35. The van der Waals surface area contributed by atoms with E-state index < -0.39 is 0 Å². The Kier molecular flexibility index (Phi) is 0.483. The van der Waals surface area contributed by atoms with Crippen LogP contribution in [0.1, 0.15) is 22.3 Å². The summed E-state index contributed by atoms with van der Waals surface area (Å²) in [7, 11) is 0. The molecule has 0 bridgehead atoms. The molecule has 0 fully saturated rings. The van der Waals surface area contributed by atoms with Crippen LogP contribution in [0, 0.1) is 12.3 Å². The Hall–Kier alpha value is -0.440. The summed E-state index contributed by atoms with van der Waals surface area (Å²) in [6.07, 6.45) is 5.62. The summed E-state index contributed by atoms with van der Waals surface area (Å²) >= 11 is 0. The average Bonchev–Trinajstić information content (AvgIpc) is 2.14. The van der Waals surface area contributed by atoms with E-state index in [1.165, 1.54) is 0 Å². The van der Waals surface area contributed by atoms with Crippen molar-refractivity contribution < 1.29 is 8.91 Å². The molecule has 0 N–H and O–H groups in total. The number of terminal acetylenes is 1. The molecule has 0 rings (SSSR count). The fraction of sp³-hybridized carbons (Fsp3) is 0.500. The first-order valence-electron chi connectivity index (χ1n) is 4.35. The SMILES string of the molecule is C#CCC.[3H][3H].[3H][3H].[3H][3H]. The van der Waals surface area contributed by atoms with E-state index in [1.807, 2.05) is 6.92 Å². The van der Waals surface area contributed by atoms with E-state index in [0.29, 0.717) is 0 Å². The Balaban J connectivity index is -0.0000000262. The van der Waals surface area contributed by atoms with Crippen molar-refractivity contribution in [1.82, 2.24) is 0 Å². The van der Waals surface area contributed by atoms with E-state index in [4.69, 9.17) is 15.3 Å². The van der Waals surface area contributed by atoms with Crippen LogP contribution in [-0.2, 0) is 0 Å². The Labute approximate surface area is 36.1 Å². The van der Waals surface area contributed by atoms with Gasteiger partial charge in [-0.2, -0.15) is 0 Å². The minimum Gasteiger partial charge on any atom is -0.120 e. The Morgan fingerprint density at radius 3 is 2.75 bits per heavy atom. The highest BCUT2D eigenvalue weighted by Gasteiger charge is 1.43. The van der Waals surface area contributed by atoms with Gasteiger partial charge in [0.05, 0.1) is 0 Å². The van der Waals surface area contributed by atoms with Gasteiger partial charge in [-0.25, -0.2) is 0 Å². The van der Waals surface area contributed by atoms with Gasteiger partial charge in [0, 0.05) is 15.3 Å². The molecule has 4 heavy (non-hydrogen) atoms. The third kappa shape index (κ3) is 1.56. The lowest BCUT2D eigenvalue weighted by molar-refractivity contribution is 1.28. The van der Waals surface area contributed by atoms with Gasteiger partial charge in [-0.3, -0.25) is 0 Å². The quantitative estimate of drug-likeness (QED) is 0.382. The van der Waals surface area contributed by atoms with Crippen molar-refractivity contribution in [3.63, 3.8) is 0 Å². The predicted molar refractivity (Wildman–Crippen MR) is 25.5 cm³/mol. The molecule has 0 amide bonds. The summed E-state index contributed by atoms with van der Waals surface area (Å²) in [4.78, 5) is 0. The van der Waals surface area contributed by atoms with E-state index >= 15 is 0 Å². The van der Waals surface area contributed by atoms with Crippen molar-refractivity contribution in [3.05, 3.63) is 0 Å². The van der Waals surface area contributed by atoms with Crippen LogP contribution in [0.3, 0.4) is 0 Å². The van der Waals surface area contributed by atoms with Crippen LogP contribution in [0.5, 0.6) is 0 Å². The Morgan fingerprint density at radius 1 is 2.50 bits per heavy atom. The van der Waals surface area contributed by atoms with Crippen molar-refractivity contribution in [2.24, 2.45) is 0 Å². The highest BCUT2D eigenvalue weighted by atomic mass is 13.5. The van der Waals surface area contributed by atoms with Gasteiger partial charge >= 0.3 is 0 Å². The standard InChI is InChI=1S/C4H6.3H2/c1-3-4-2;;;/h1H,4H2,2H3;3*1H/i;3*1+2T. The van der Waals surface area contributed by atoms with Crippen LogP contribution in [0.25, 0.3) is 0 Å². The predicted octanol–water partition coefficient (Wildman–Crippen LogP) is 1.77. The van der Waals surface area contributed by atoms with Crippen LogP contribution < -0.4 is 0 Å². The lowest BCUT2D eigenvalue weighted by atomic mass is 10.5. The molecular formula is C4H12. The van der Waals surface area contributed by atoms with Crippen molar-refractivity contribution >= 4 is 0 Å². The summed E-state index contributed by atoms with van der Waals surface area (Å²) < 4.78 is 30.0. The van der Waals surface area contributed by atoms with Gasteiger partial charge in [-0.15, -0.1) is 12.3 Å². The molecule has 0 aliphatic carbocycles. The summed E-state index contributed by atoms with van der Waals surface area (Å²) in [6.45, 7) is 1.94. The fourth-order valence-corrected chi connectivity index (χ4v) is 0. The largest absolute Gasteiger partial charge is 0.120 e. The Morgan fingerprint density at radius 2 is 2.75 bits per heavy atom. The number of hydrogen-bond donors (Lipinski definition) is 0. The topological polar surface area (TPSA) is 0 Å². The van der Waals surface area contributed by atoms with Gasteiger partial charge in [-0.05, 0) is 0 Å². The fourth-order valence-electron chi connectivity index (χ4n) is 0. The van der Waals surface area contributed by atoms with Gasteiger partial charge in [0.15, 0.2) is 0 Å². The lowest BCUT2D eigenvalue weighted by Gasteiger charge is -1.52. The number of hydrogen-bond acceptors (Lipinski definition) is 0. The molecule has 0 heteroatoms. The zero-order valence-corrected chi connectivity index (χ0v) is 2.78. The van der Waals surface area contributed by atoms with Crippen LogP contribution >= 0.6 is 0 Å². The molecule has 0 spiro atoms. The third-order valence-corrected chi connectivity index (χ3v) is 0.204. The van der Waals surface area contributed by atoms with Crippen molar-refractivity contribution in [1.29, 1.82) is 0 Å². The summed E-state index contributed by atoms with van der Waals surface area (Å²) in [6, 6.07) is 0. The molecule has 0 aromatic heterocycles. The molecule has 0 aliphatic heterocycles. The molecule has 0 radical (unpaired) electrons. The van der Waals surface area contributed by atoms with E-state index in [1.54, 1.807) is 0 Å². The average molecular weight is 72.2 g/mol. The van der Waals surface area contributed by atoms with Crippen LogP contribution in [0.15, 0.2) is 0 Å². The molecule has 0 aliphatic rings. The smallest absolute Gasteiger partial charge is 0.00576 e. The minimum absolute atomic E-state index is 0.847. The molecule has 0 heterocycles.